The van der Waals surface area contributed by atoms with Crippen LogP contribution in [0.1, 0.15) is 26.3 Å². The second-order valence-corrected chi connectivity index (χ2v) is 5.23. The molecule has 0 saturated carbocycles. The third kappa shape index (κ3) is 4.60. The van der Waals surface area contributed by atoms with E-state index < -0.39 is 0 Å². The monoisotopic (exact) mass is 266 g/mol. The highest BCUT2D eigenvalue weighted by Crippen LogP contribution is 2.19. The van der Waals surface area contributed by atoms with Crippen LogP contribution in [0.4, 0.5) is 5.82 Å². The Kier molecular flexibility index (Phi) is 4.51. The van der Waals surface area contributed by atoms with Crippen molar-refractivity contribution in [3.63, 3.8) is 0 Å². The van der Waals surface area contributed by atoms with Gasteiger partial charge in [-0.2, -0.15) is 5.26 Å². The van der Waals surface area contributed by atoms with Gasteiger partial charge in [-0.05, 0) is 26.8 Å². The number of rotatable bonds is 3. The zero-order valence-electron chi connectivity index (χ0n) is 10.5. The lowest BCUT2D eigenvalue weighted by molar-refractivity contribution is -0.120. The fourth-order valence-corrected chi connectivity index (χ4v) is 1.49. The van der Waals surface area contributed by atoms with Gasteiger partial charge in [0.1, 0.15) is 11.9 Å². The normalized spacial score (nSPS) is 10.6. The van der Waals surface area contributed by atoms with Crippen molar-refractivity contribution in [1.29, 1.82) is 5.26 Å². The van der Waals surface area contributed by atoms with E-state index in [1.165, 1.54) is 12.3 Å². The topological polar surface area (TPSA) is 77.8 Å². The number of nitriles is 1. The molecule has 0 saturated heterocycles. The molecule has 0 unspecified atom stereocenters. The van der Waals surface area contributed by atoms with Crippen molar-refractivity contribution < 1.29 is 4.79 Å². The quantitative estimate of drug-likeness (QED) is 0.876. The standard InChI is InChI=1S/C12H15ClN4O/c1-12(2,3)17-10(18)7-16-11-9(13)4-8(5-14)6-15-11/h4,6H,7H2,1-3H3,(H,15,16)(H,17,18). The first-order chi connectivity index (χ1) is 8.31. The number of amides is 1. The Morgan fingerprint density at radius 2 is 2.22 bits per heavy atom. The maximum Gasteiger partial charge on any atom is 0.239 e. The van der Waals surface area contributed by atoms with E-state index >= 15 is 0 Å². The van der Waals surface area contributed by atoms with E-state index in [1.807, 2.05) is 26.8 Å². The Hall–Kier alpha value is -1.80. The van der Waals surface area contributed by atoms with Gasteiger partial charge in [-0.1, -0.05) is 11.6 Å². The minimum atomic E-state index is -0.277. The van der Waals surface area contributed by atoms with Crippen LogP contribution in [0.25, 0.3) is 0 Å². The van der Waals surface area contributed by atoms with Crippen molar-refractivity contribution in [1.82, 2.24) is 10.3 Å². The summed E-state index contributed by atoms with van der Waals surface area (Å²) in [5.41, 5.74) is 0.102. The summed E-state index contributed by atoms with van der Waals surface area (Å²) in [6.45, 7) is 5.78. The summed E-state index contributed by atoms with van der Waals surface area (Å²) < 4.78 is 0. The molecular formula is C12H15ClN4O. The van der Waals surface area contributed by atoms with E-state index in [9.17, 15) is 4.79 Å². The molecular weight excluding hydrogens is 252 g/mol. The van der Waals surface area contributed by atoms with Crippen LogP contribution in [-0.2, 0) is 4.79 Å². The number of carbonyl (C=O) groups is 1. The maximum absolute atomic E-state index is 11.6. The zero-order valence-corrected chi connectivity index (χ0v) is 11.3. The van der Waals surface area contributed by atoms with Crippen LogP contribution >= 0.6 is 11.6 Å². The number of nitrogens with zero attached hydrogens (tertiary/aromatic N) is 2. The van der Waals surface area contributed by atoms with Gasteiger partial charge < -0.3 is 10.6 Å². The number of nitrogens with one attached hydrogen (secondary N) is 2. The Balaban J connectivity index is 2.59. The van der Waals surface area contributed by atoms with Crippen molar-refractivity contribution in [3.05, 3.63) is 22.8 Å². The van der Waals surface area contributed by atoms with Crippen LogP contribution < -0.4 is 10.6 Å². The first-order valence-electron chi connectivity index (χ1n) is 5.42. The minimum absolute atomic E-state index is 0.0793. The van der Waals surface area contributed by atoms with Crippen LogP contribution in [0.15, 0.2) is 12.3 Å². The summed E-state index contributed by atoms with van der Waals surface area (Å²) in [5, 5.41) is 14.6. The molecule has 0 bridgehead atoms. The van der Waals surface area contributed by atoms with E-state index in [2.05, 4.69) is 15.6 Å². The summed E-state index contributed by atoms with van der Waals surface area (Å²) in [4.78, 5) is 15.5. The Morgan fingerprint density at radius 3 is 2.72 bits per heavy atom. The lowest BCUT2D eigenvalue weighted by Crippen LogP contribution is -2.43. The molecule has 1 rings (SSSR count). The lowest BCUT2D eigenvalue weighted by Gasteiger charge is -2.20. The van der Waals surface area contributed by atoms with Crippen LogP contribution in [0.5, 0.6) is 0 Å². The summed E-state index contributed by atoms with van der Waals surface area (Å²) >= 11 is 5.92. The highest BCUT2D eigenvalue weighted by molar-refractivity contribution is 6.33. The second-order valence-electron chi connectivity index (χ2n) is 4.82. The fraction of sp³-hybridized carbons (Fsp3) is 0.417. The molecule has 1 heterocycles. The molecule has 1 aromatic heterocycles. The molecule has 0 aliphatic rings. The summed E-state index contributed by atoms with van der Waals surface area (Å²) in [6.07, 6.45) is 1.40. The molecule has 0 atom stereocenters. The van der Waals surface area contributed by atoms with Crippen molar-refractivity contribution in [2.45, 2.75) is 26.3 Å². The van der Waals surface area contributed by atoms with Crippen molar-refractivity contribution in [2.24, 2.45) is 0 Å². The van der Waals surface area contributed by atoms with E-state index in [0.29, 0.717) is 16.4 Å². The van der Waals surface area contributed by atoms with Gasteiger partial charge >= 0.3 is 0 Å². The van der Waals surface area contributed by atoms with Gasteiger partial charge in [-0.15, -0.1) is 0 Å². The molecule has 18 heavy (non-hydrogen) atoms. The van der Waals surface area contributed by atoms with Crippen molar-refractivity contribution >= 4 is 23.3 Å². The van der Waals surface area contributed by atoms with Crippen LogP contribution in [0.2, 0.25) is 5.02 Å². The molecule has 0 spiro atoms. The number of hydrogen-bond donors (Lipinski definition) is 2. The molecule has 0 aliphatic carbocycles. The smallest absolute Gasteiger partial charge is 0.239 e. The Morgan fingerprint density at radius 1 is 1.56 bits per heavy atom. The first kappa shape index (κ1) is 14.3. The van der Waals surface area contributed by atoms with Crippen molar-refractivity contribution in [3.8, 4) is 6.07 Å². The van der Waals surface area contributed by atoms with Gasteiger partial charge in [0.15, 0.2) is 0 Å². The average molecular weight is 267 g/mol. The summed E-state index contributed by atoms with van der Waals surface area (Å²) in [7, 11) is 0. The first-order valence-corrected chi connectivity index (χ1v) is 5.80. The summed E-state index contributed by atoms with van der Waals surface area (Å²) in [6, 6.07) is 3.44. The van der Waals surface area contributed by atoms with E-state index in [0.717, 1.165) is 0 Å². The molecule has 1 aromatic rings. The number of carbonyl (C=O) groups excluding carboxylic acids is 1. The maximum atomic E-state index is 11.6. The Bertz CT molecular complexity index is 488. The van der Waals surface area contributed by atoms with E-state index in [4.69, 9.17) is 16.9 Å². The van der Waals surface area contributed by atoms with Gasteiger partial charge in [0.2, 0.25) is 5.91 Å². The SMILES string of the molecule is CC(C)(C)NC(=O)CNc1ncc(C#N)cc1Cl. The van der Waals surface area contributed by atoms with Crippen LogP contribution in [-0.4, -0.2) is 23.0 Å². The number of hydrogen-bond acceptors (Lipinski definition) is 4. The molecule has 1 amide bonds. The average Bonchev–Trinajstić information content (AvgIpc) is 2.25. The predicted molar refractivity (Wildman–Crippen MR) is 70.3 cm³/mol. The number of aromatic nitrogens is 1. The van der Waals surface area contributed by atoms with Gasteiger partial charge in [0, 0.05) is 11.7 Å². The van der Waals surface area contributed by atoms with E-state index in [-0.39, 0.29) is 18.0 Å². The van der Waals surface area contributed by atoms with Gasteiger partial charge in [0.25, 0.3) is 0 Å². The van der Waals surface area contributed by atoms with Gasteiger partial charge in [-0.3, -0.25) is 4.79 Å². The second kappa shape index (κ2) is 5.69. The number of pyridine rings is 1. The molecule has 96 valence electrons. The molecule has 0 aliphatic heterocycles. The lowest BCUT2D eigenvalue weighted by atomic mass is 10.1. The van der Waals surface area contributed by atoms with Crippen LogP contribution in [0.3, 0.4) is 0 Å². The Labute approximate surface area is 111 Å². The third-order valence-corrected chi connectivity index (χ3v) is 2.19. The van der Waals surface area contributed by atoms with Gasteiger partial charge in [-0.25, -0.2) is 4.98 Å². The van der Waals surface area contributed by atoms with Crippen molar-refractivity contribution in [2.75, 3.05) is 11.9 Å². The zero-order chi connectivity index (χ0) is 13.8. The predicted octanol–water partition coefficient (Wildman–Crippen LogP) is 1.93. The van der Waals surface area contributed by atoms with E-state index in [1.54, 1.807) is 0 Å². The highest BCUT2D eigenvalue weighted by atomic mass is 35.5. The minimum Gasteiger partial charge on any atom is -0.360 e. The third-order valence-electron chi connectivity index (χ3n) is 1.90. The molecule has 2 N–H and O–H groups in total. The number of halogens is 1. The van der Waals surface area contributed by atoms with Gasteiger partial charge in [0.05, 0.1) is 17.1 Å². The molecule has 0 aromatic carbocycles. The number of anilines is 1. The molecule has 0 fully saturated rings. The van der Waals surface area contributed by atoms with Crippen LogP contribution in [0, 0.1) is 11.3 Å². The molecule has 0 radical (unpaired) electrons. The highest BCUT2D eigenvalue weighted by Gasteiger charge is 2.13. The fourth-order valence-electron chi connectivity index (χ4n) is 1.26. The molecule has 6 heteroatoms. The summed E-state index contributed by atoms with van der Waals surface area (Å²) in [5.74, 6) is 0.240. The molecule has 5 nitrogen and oxygen atoms in total. The largest absolute Gasteiger partial charge is 0.360 e.